The lowest BCUT2D eigenvalue weighted by Crippen LogP contribution is -2.55. The second-order valence-corrected chi connectivity index (χ2v) is 9.02. The third-order valence-corrected chi connectivity index (χ3v) is 7.00. The molecule has 1 aliphatic carbocycles. The Morgan fingerprint density at radius 3 is 2.55 bits per heavy atom. The zero-order chi connectivity index (χ0) is 22.0. The fourth-order valence-corrected chi connectivity index (χ4v) is 5.05. The third-order valence-electron chi connectivity index (χ3n) is 6.77. The van der Waals surface area contributed by atoms with Gasteiger partial charge in [0.2, 0.25) is 5.91 Å². The van der Waals surface area contributed by atoms with E-state index in [-0.39, 0.29) is 17.6 Å². The summed E-state index contributed by atoms with van der Waals surface area (Å²) in [6.45, 7) is 5.66. The Morgan fingerprint density at radius 1 is 1.16 bits per heavy atom. The molecule has 1 saturated carbocycles. The summed E-state index contributed by atoms with van der Waals surface area (Å²) >= 11 is 6.16. The van der Waals surface area contributed by atoms with E-state index in [1.165, 1.54) is 39.2 Å². The second kappa shape index (κ2) is 9.59. The lowest BCUT2D eigenvalue weighted by Gasteiger charge is -2.42. The molecule has 2 fully saturated rings. The molecule has 1 aromatic heterocycles. The summed E-state index contributed by atoms with van der Waals surface area (Å²) in [5.74, 6) is -0.673. The van der Waals surface area contributed by atoms with Gasteiger partial charge in [-0.05, 0) is 38.0 Å². The Morgan fingerprint density at radius 2 is 1.87 bits per heavy atom. The molecule has 0 spiro atoms. The Kier molecular flexibility index (Phi) is 6.84. The average molecular weight is 447 g/mol. The molecule has 1 saturated heterocycles. The van der Waals surface area contributed by atoms with E-state index in [4.69, 9.17) is 16.3 Å². The first-order valence-electron chi connectivity index (χ1n) is 11.2. The number of carbonyl (C=O) groups is 2. The van der Waals surface area contributed by atoms with Gasteiger partial charge in [0.15, 0.2) is 0 Å². The highest BCUT2D eigenvalue weighted by Gasteiger charge is 2.30. The molecule has 2 aliphatic rings. The molecule has 4 rings (SSSR count). The van der Waals surface area contributed by atoms with Crippen molar-refractivity contribution in [2.75, 3.05) is 38.6 Å². The fraction of sp³-hybridized carbons (Fsp3) is 0.565. The number of anilines is 1. The van der Waals surface area contributed by atoms with E-state index in [9.17, 15) is 9.59 Å². The first-order valence-corrected chi connectivity index (χ1v) is 11.5. The molecule has 1 amide bonds. The smallest absolute Gasteiger partial charge is 0.356 e. The summed E-state index contributed by atoms with van der Waals surface area (Å²) in [4.78, 5) is 33.2. The number of ether oxygens (including phenoxy) is 1. The van der Waals surface area contributed by atoms with E-state index in [2.05, 4.69) is 20.1 Å². The van der Waals surface area contributed by atoms with Gasteiger partial charge in [-0.15, -0.1) is 0 Å². The predicted molar refractivity (Wildman–Crippen MR) is 123 cm³/mol. The number of esters is 1. The Bertz CT molecular complexity index is 946. The van der Waals surface area contributed by atoms with Crippen LogP contribution in [-0.4, -0.2) is 72.0 Å². The number of H-pyrrole nitrogens is 1. The van der Waals surface area contributed by atoms with Gasteiger partial charge < -0.3 is 15.0 Å². The van der Waals surface area contributed by atoms with Crippen LogP contribution in [0.4, 0.5) is 5.69 Å². The number of benzene rings is 1. The van der Waals surface area contributed by atoms with Gasteiger partial charge in [-0.3, -0.25) is 14.6 Å². The van der Waals surface area contributed by atoms with Crippen LogP contribution in [0.5, 0.6) is 0 Å². The van der Waals surface area contributed by atoms with Crippen molar-refractivity contribution >= 4 is 40.1 Å². The number of aromatic amines is 1. The van der Waals surface area contributed by atoms with Gasteiger partial charge in [0.25, 0.3) is 0 Å². The number of rotatable bonds is 5. The highest BCUT2D eigenvalue weighted by molar-refractivity contribution is 6.31. The fourth-order valence-electron chi connectivity index (χ4n) is 4.88. The van der Waals surface area contributed by atoms with Crippen LogP contribution in [-0.2, 0) is 9.53 Å². The third kappa shape index (κ3) is 4.73. The highest BCUT2D eigenvalue weighted by Crippen LogP contribution is 2.31. The molecule has 2 heterocycles. The van der Waals surface area contributed by atoms with Gasteiger partial charge in [-0.2, -0.15) is 0 Å². The van der Waals surface area contributed by atoms with Gasteiger partial charge >= 0.3 is 5.97 Å². The second-order valence-electron chi connectivity index (χ2n) is 8.59. The van der Waals surface area contributed by atoms with Gasteiger partial charge in [0, 0.05) is 48.1 Å². The lowest BCUT2D eigenvalue weighted by molar-refractivity contribution is -0.121. The van der Waals surface area contributed by atoms with Crippen molar-refractivity contribution in [1.29, 1.82) is 0 Å². The quantitative estimate of drug-likeness (QED) is 0.681. The monoisotopic (exact) mass is 446 g/mol. The molecule has 1 aliphatic heterocycles. The number of nitrogens with zero attached hydrogens (tertiary/aromatic N) is 2. The Balaban J connectivity index is 1.45. The van der Waals surface area contributed by atoms with E-state index < -0.39 is 5.97 Å². The van der Waals surface area contributed by atoms with Crippen LogP contribution in [0.1, 0.15) is 49.5 Å². The maximum absolute atomic E-state index is 13.1. The van der Waals surface area contributed by atoms with Crippen molar-refractivity contribution in [2.24, 2.45) is 0 Å². The molecule has 1 atom stereocenters. The number of fused-ring (bicyclic) bond motifs is 1. The standard InChI is InChI=1S/C23H31ClN4O3/c1-15(27-10-12-28(13-11-27)17-6-4-3-5-7-17)22(29)26-20-18-14-16(24)8-9-19(18)25-21(20)23(30)31-2/h8-9,14-15,17,25H,3-7,10-13H2,1-2H3,(H,26,29)/t15-/m1/s1. The SMILES string of the molecule is COC(=O)c1[nH]c2ccc(Cl)cc2c1NC(=O)[C@@H](C)N1CCN(C2CCCCC2)CC1. The minimum absolute atomic E-state index is 0.142. The van der Waals surface area contributed by atoms with Crippen LogP contribution in [0.15, 0.2) is 18.2 Å². The number of aromatic nitrogens is 1. The maximum Gasteiger partial charge on any atom is 0.356 e. The zero-order valence-corrected chi connectivity index (χ0v) is 19.0. The molecule has 0 radical (unpaired) electrons. The summed E-state index contributed by atoms with van der Waals surface area (Å²) in [5, 5.41) is 4.19. The molecule has 31 heavy (non-hydrogen) atoms. The topological polar surface area (TPSA) is 77.7 Å². The first kappa shape index (κ1) is 22.1. The molecular weight excluding hydrogens is 416 g/mol. The van der Waals surface area contributed by atoms with E-state index >= 15 is 0 Å². The van der Waals surface area contributed by atoms with Gasteiger partial charge in [0.1, 0.15) is 5.69 Å². The molecule has 7 nitrogen and oxygen atoms in total. The number of nitrogens with one attached hydrogen (secondary N) is 2. The van der Waals surface area contributed by atoms with E-state index in [0.717, 1.165) is 26.2 Å². The molecule has 8 heteroatoms. The minimum atomic E-state index is -0.531. The molecule has 0 unspecified atom stereocenters. The normalized spacial score (nSPS) is 20.0. The van der Waals surface area contributed by atoms with Gasteiger partial charge in [-0.1, -0.05) is 30.9 Å². The molecule has 0 bridgehead atoms. The van der Waals surface area contributed by atoms with Gasteiger partial charge in [-0.25, -0.2) is 4.79 Å². The minimum Gasteiger partial charge on any atom is -0.464 e. The lowest BCUT2D eigenvalue weighted by atomic mass is 9.94. The van der Waals surface area contributed by atoms with E-state index in [1.807, 2.05) is 6.92 Å². The predicted octanol–water partition coefficient (Wildman–Crippen LogP) is 3.89. The summed E-state index contributed by atoms with van der Waals surface area (Å²) in [6, 6.07) is 5.67. The van der Waals surface area contributed by atoms with Crippen LogP contribution in [0.2, 0.25) is 5.02 Å². The van der Waals surface area contributed by atoms with Crippen LogP contribution < -0.4 is 5.32 Å². The van der Waals surface area contributed by atoms with Crippen molar-refractivity contribution in [3.8, 4) is 0 Å². The largest absolute Gasteiger partial charge is 0.464 e. The van der Waals surface area contributed by atoms with E-state index in [0.29, 0.717) is 27.7 Å². The summed E-state index contributed by atoms with van der Waals surface area (Å²) < 4.78 is 4.89. The van der Waals surface area contributed by atoms with Crippen molar-refractivity contribution < 1.29 is 14.3 Å². The number of halogens is 1. The number of carbonyl (C=O) groups excluding carboxylic acids is 2. The average Bonchev–Trinajstić information content (AvgIpc) is 3.16. The zero-order valence-electron chi connectivity index (χ0n) is 18.2. The van der Waals surface area contributed by atoms with Crippen LogP contribution in [0.25, 0.3) is 10.9 Å². The molecule has 2 aromatic rings. The summed E-state index contributed by atoms with van der Waals surface area (Å²) in [6.07, 6.45) is 6.63. The Labute approximate surface area is 188 Å². The van der Waals surface area contributed by atoms with Crippen LogP contribution >= 0.6 is 11.6 Å². The number of hydrogen-bond donors (Lipinski definition) is 2. The summed E-state index contributed by atoms with van der Waals surface area (Å²) in [5.41, 5.74) is 1.36. The number of methoxy groups -OCH3 is 1. The number of piperazine rings is 1. The Hall–Kier alpha value is -2.09. The van der Waals surface area contributed by atoms with Crippen molar-refractivity contribution in [3.63, 3.8) is 0 Å². The molecule has 1 aromatic carbocycles. The van der Waals surface area contributed by atoms with Crippen molar-refractivity contribution in [3.05, 3.63) is 28.9 Å². The summed E-state index contributed by atoms with van der Waals surface area (Å²) in [7, 11) is 1.32. The van der Waals surface area contributed by atoms with Crippen molar-refractivity contribution in [1.82, 2.24) is 14.8 Å². The van der Waals surface area contributed by atoms with E-state index in [1.54, 1.807) is 18.2 Å². The van der Waals surface area contributed by atoms with Crippen molar-refractivity contribution in [2.45, 2.75) is 51.1 Å². The molecule has 168 valence electrons. The molecule has 2 N–H and O–H groups in total. The number of amides is 1. The van der Waals surface area contributed by atoms with Crippen LogP contribution in [0.3, 0.4) is 0 Å². The van der Waals surface area contributed by atoms with Crippen LogP contribution in [0, 0.1) is 0 Å². The van der Waals surface area contributed by atoms with Gasteiger partial charge in [0.05, 0.1) is 18.8 Å². The first-order chi connectivity index (χ1) is 15.0. The number of hydrogen-bond acceptors (Lipinski definition) is 5. The highest BCUT2D eigenvalue weighted by atomic mass is 35.5. The maximum atomic E-state index is 13.1. The molecular formula is C23H31ClN4O3.